The molecule has 0 amide bonds. The molecule has 0 aliphatic carbocycles. The highest BCUT2D eigenvalue weighted by atomic mass is 16.6. The minimum atomic E-state index is -1.51. The first-order chi connectivity index (χ1) is 4.50. The van der Waals surface area contributed by atoms with E-state index in [4.69, 9.17) is 20.1 Å². The molecule has 0 heterocycles. The van der Waals surface area contributed by atoms with Gasteiger partial charge in [-0.1, -0.05) is 0 Å². The Balaban J connectivity index is 3.63. The summed E-state index contributed by atoms with van der Waals surface area (Å²) in [4.78, 5) is 0. The van der Waals surface area contributed by atoms with E-state index >= 15 is 0 Å². The average Bonchev–Trinajstić information content (AvgIpc) is 1.84. The van der Waals surface area contributed by atoms with Crippen LogP contribution in [0.25, 0.3) is 0 Å². The molecule has 0 rings (SSSR count). The van der Waals surface area contributed by atoms with Crippen molar-refractivity contribution in [3.8, 4) is 0 Å². The monoisotopic (exact) mass is 150 g/mol. The average molecular weight is 150 g/mol. The maximum absolute atomic E-state index is 8.66. The lowest BCUT2D eigenvalue weighted by Gasteiger charge is -2.26. The van der Waals surface area contributed by atoms with Gasteiger partial charge in [-0.3, -0.25) is 0 Å². The number of rotatable bonds is 4. The minimum absolute atomic E-state index is 0.115. The molecular weight excluding hydrogens is 136 g/mol. The molecule has 0 unspecified atom stereocenters. The van der Waals surface area contributed by atoms with Gasteiger partial charge < -0.3 is 20.1 Å². The summed E-state index contributed by atoms with van der Waals surface area (Å²) in [5.74, 6) is 0. The molecule has 0 atom stereocenters. The Hall–Kier alpha value is -0.160. The molecule has 0 radical (unpaired) electrons. The quantitative estimate of drug-likeness (QED) is 0.453. The molecule has 0 aromatic heterocycles. The fourth-order valence-electron chi connectivity index (χ4n) is 0.383. The van der Waals surface area contributed by atoms with Gasteiger partial charge in [0.25, 0.3) is 0 Å². The number of aliphatic hydroxyl groups excluding tert-OH is 2. The Bertz CT molecular complexity index is 89.7. The van der Waals surface area contributed by atoms with Crippen molar-refractivity contribution in [2.24, 2.45) is 0 Å². The molecular formula is C6H14O4. The van der Waals surface area contributed by atoms with Crippen LogP contribution in [0.1, 0.15) is 13.8 Å². The fourth-order valence-corrected chi connectivity index (χ4v) is 0.383. The number of hydrogen-bond donors (Lipinski definition) is 3. The van der Waals surface area contributed by atoms with E-state index < -0.39 is 11.9 Å². The topological polar surface area (TPSA) is 69.9 Å². The molecule has 62 valence electrons. The second-order valence-electron chi connectivity index (χ2n) is 2.55. The summed E-state index contributed by atoms with van der Waals surface area (Å²) in [5, 5.41) is 25.6. The predicted octanol–water partition coefficient (Wildman–Crippen LogP) is -0.915. The van der Waals surface area contributed by atoms with Crippen molar-refractivity contribution in [1.29, 1.82) is 0 Å². The highest BCUT2D eigenvalue weighted by molar-refractivity contribution is 4.69. The zero-order chi connectivity index (χ0) is 8.20. The van der Waals surface area contributed by atoms with E-state index in [0.29, 0.717) is 0 Å². The summed E-state index contributed by atoms with van der Waals surface area (Å²) < 4.78 is 4.89. The smallest absolute Gasteiger partial charge is 0.180 e. The predicted molar refractivity (Wildman–Crippen MR) is 35.3 cm³/mol. The number of hydrogen-bond acceptors (Lipinski definition) is 4. The standard InChI is InChI=1S/C6H14O4/c1-6(2,5(8)9)10-4-3-7/h5,7-9H,3-4H2,1-2H3. The molecule has 0 saturated carbocycles. The van der Waals surface area contributed by atoms with Gasteiger partial charge in [0.2, 0.25) is 0 Å². The van der Waals surface area contributed by atoms with E-state index in [1.807, 2.05) is 0 Å². The highest BCUT2D eigenvalue weighted by Crippen LogP contribution is 2.11. The lowest BCUT2D eigenvalue weighted by molar-refractivity contribution is -0.195. The van der Waals surface area contributed by atoms with Crippen molar-refractivity contribution in [2.75, 3.05) is 13.2 Å². The van der Waals surface area contributed by atoms with Gasteiger partial charge in [0.05, 0.1) is 13.2 Å². The summed E-state index contributed by atoms with van der Waals surface area (Å²) >= 11 is 0. The van der Waals surface area contributed by atoms with Crippen LogP contribution in [0.4, 0.5) is 0 Å². The van der Waals surface area contributed by atoms with Crippen LogP contribution in [0.3, 0.4) is 0 Å². The van der Waals surface area contributed by atoms with Gasteiger partial charge >= 0.3 is 0 Å². The van der Waals surface area contributed by atoms with Crippen molar-refractivity contribution in [2.45, 2.75) is 25.7 Å². The summed E-state index contributed by atoms with van der Waals surface area (Å²) in [6.07, 6.45) is -1.51. The van der Waals surface area contributed by atoms with Crippen LogP contribution >= 0.6 is 0 Å². The zero-order valence-electron chi connectivity index (χ0n) is 6.24. The van der Waals surface area contributed by atoms with E-state index in [1.165, 1.54) is 13.8 Å². The first-order valence-corrected chi connectivity index (χ1v) is 3.11. The zero-order valence-corrected chi connectivity index (χ0v) is 6.24. The van der Waals surface area contributed by atoms with E-state index in [1.54, 1.807) is 0 Å². The Morgan fingerprint density at radius 3 is 2.20 bits per heavy atom. The second-order valence-corrected chi connectivity index (χ2v) is 2.55. The van der Waals surface area contributed by atoms with Crippen LogP contribution < -0.4 is 0 Å². The van der Waals surface area contributed by atoms with Gasteiger partial charge in [-0.05, 0) is 13.8 Å². The molecule has 0 aromatic carbocycles. The van der Waals surface area contributed by atoms with Crippen molar-refractivity contribution in [1.82, 2.24) is 0 Å². The van der Waals surface area contributed by atoms with E-state index in [2.05, 4.69) is 0 Å². The molecule has 0 fully saturated rings. The van der Waals surface area contributed by atoms with Gasteiger partial charge in [0, 0.05) is 0 Å². The molecule has 0 aromatic rings. The fraction of sp³-hybridized carbons (Fsp3) is 1.00. The summed E-state index contributed by atoms with van der Waals surface area (Å²) in [7, 11) is 0. The normalized spacial score (nSPS) is 12.6. The number of aliphatic hydroxyl groups is 3. The second kappa shape index (κ2) is 3.88. The summed E-state index contributed by atoms with van der Waals surface area (Å²) in [5.41, 5.74) is -0.997. The maximum Gasteiger partial charge on any atom is 0.180 e. The van der Waals surface area contributed by atoms with E-state index in [9.17, 15) is 0 Å². The molecule has 3 N–H and O–H groups in total. The van der Waals surface area contributed by atoms with Crippen LogP contribution in [0.5, 0.6) is 0 Å². The first-order valence-electron chi connectivity index (χ1n) is 3.11. The Morgan fingerprint density at radius 1 is 1.40 bits per heavy atom. The molecule has 4 nitrogen and oxygen atoms in total. The SMILES string of the molecule is CC(C)(OCCO)C(O)O. The molecule has 0 aliphatic heterocycles. The van der Waals surface area contributed by atoms with Crippen LogP contribution in [-0.2, 0) is 4.74 Å². The Labute approximate surface area is 60.1 Å². The largest absolute Gasteiger partial charge is 0.394 e. The highest BCUT2D eigenvalue weighted by Gasteiger charge is 2.26. The molecule has 4 heteroatoms. The van der Waals surface area contributed by atoms with Crippen molar-refractivity contribution in [3.05, 3.63) is 0 Å². The van der Waals surface area contributed by atoms with Crippen LogP contribution in [-0.4, -0.2) is 40.4 Å². The molecule has 0 spiro atoms. The van der Waals surface area contributed by atoms with Crippen LogP contribution in [0, 0.1) is 0 Å². The van der Waals surface area contributed by atoms with Crippen molar-refractivity contribution < 1.29 is 20.1 Å². The van der Waals surface area contributed by atoms with Crippen molar-refractivity contribution >= 4 is 0 Å². The summed E-state index contributed by atoms with van der Waals surface area (Å²) in [6, 6.07) is 0. The molecule has 10 heavy (non-hydrogen) atoms. The third-order valence-corrected chi connectivity index (χ3v) is 1.19. The molecule has 0 saturated heterocycles. The Morgan fingerprint density at radius 2 is 1.90 bits per heavy atom. The lowest BCUT2D eigenvalue weighted by Crippen LogP contribution is -2.39. The van der Waals surface area contributed by atoms with Gasteiger partial charge in [-0.2, -0.15) is 0 Å². The lowest BCUT2D eigenvalue weighted by atomic mass is 10.1. The van der Waals surface area contributed by atoms with Gasteiger partial charge in [-0.25, -0.2) is 0 Å². The van der Waals surface area contributed by atoms with Gasteiger partial charge in [0.15, 0.2) is 6.29 Å². The van der Waals surface area contributed by atoms with E-state index in [-0.39, 0.29) is 13.2 Å². The van der Waals surface area contributed by atoms with Crippen LogP contribution in [0.15, 0.2) is 0 Å². The third kappa shape index (κ3) is 3.12. The Kier molecular flexibility index (Phi) is 3.81. The van der Waals surface area contributed by atoms with Gasteiger partial charge in [-0.15, -0.1) is 0 Å². The summed E-state index contributed by atoms with van der Waals surface area (Å²) in [6.45, 7) is 3.07. The van der Waals surface area contributed by atoms with Crippen LogP contribution in [0.2, 0.25) is 0 Å². The first kappa shape index (κ1) is 9.84. The van der Waals surface area contributed by atoms with Crippen molar-refractivity contribution in [3.63, 3.8) is 0 Å². The van der Waals surface area contributed by atoms with Gasteiger partial charge in [0.1, 0.15) is 5.60 Å². The number of ether oxygens (including phenoxy) is 1. The van der Waals surface area contributed by atoms with E-state index in [0.717, 1.165) is 0 Å². The molecule has 0 bridgehead atoms. The molecule has 0 aliphatic rings. The third-order valence-electron chi connectivity index (χ3n) is 1.19. The minimum Gasteiger partial charge on any atom is -0.394 e. The maximum atomic E-state index is 8.66.